The van der Waals surface area contributed by atoms with E-state index < -0.39 is 0 Å². The lowest BCUT2D eigenvalue weighted by Gasteiger charge is -2.03. The summed E-state index contributed by atoms with van der Waals surface area (Å²) in [4.78, 5) is 10.1. The standard InChI is InChI=1S/C23H17N3O2/c1-2-6-17(7-3-1)16-28-24-15-21-22(25-23-26(21)12-13-27-23)20-11-10-18-8-4-5-9-19(18)14-20/h1-15H,16H2. The summed E-state index contributed by atoms with van der Waals surface area (Å²) in [7, 11) is 0. The Kier molecular flexibility index (Phi) is 4.10. The first-order valence-electron chi connectivity index (χ1n) is 9.02. The summed E-state index contributed by atoms with van der Waals surface area (Å²) in [6.07, 6.45) is 5.11. The number of oxime groups is 1. The van der Waals surface area contributed by atoms with E-state index in [-0.39, 0.29) is 0 Å². The molecule has 0 aliphatic carbocycles. The number of oxazole rings is 1. The molecule has 0 aliphatic rings. The lowest BCUT2D eigenvalue weighted by atomic mass is 10.0. The van der Waals surface area contributed by atoms with Crippen LogP contribution in [0.4, 0.5) is 0 Å². The van der Waals surface area contributed by atoms with Crippen molar-refractivity contribution in [2.45, 2.75) is 6.61 Å². The van der Waals surface area contributed by atoms with Gasteiger partial charge in [0.1, 0.15) is 18.6 Å². The van der Waals surface area contributed by atoms with Gasteiger partial charge in [0.25, 0.3) is 0 Å². The Morgan fingerprint density at radius 3 is 2.68 bits per heavy atom. The van der Waals surface area contributed by atoms with Crippen LogP contribution in [0.3, 0.4) is 0 Å². The van der Waals surface area contributed by atoms with Crippen molar-refractivity contribution in [2.24, 2.45) is 5.16 Å². The lowest BCUT2D eigenvalue weighted by Crippen LogP contribution is -1.93. The molecule has 28 heavy (non-hydrogen) atoms. The molecule has 0 aliphatic heterocycles. The Hall–Kier alpha value is -3.86. The van der Waals surface area contributed by atoms with E-state index in [1.54, 1.807) is 12.5 Å². The average Bonchev–Trinajstić information content (AvgIpc) is 3.34. The molecule has 0 N–H and O–H groups in total. The van der Waals surface area contributed by atoms with E-state index in [2.05, 4.69) is 40.5 Å². The van der Waals surface area contributed by atoms with E-state index in [0.717, 1.165) is 27.9 Å². The molecular weight excluding hydrogens is 350 g/mol. The van der Waals surface area contributed by atoms with Gasteiger partial charge in [-0.3, -0.25) is 4.40 Å². The third kappa shape index (κ3) is 3.03. The van der Waals surface area contributed by atoms with Gasteiger partial charge in [-0.05, 0) is 22.4 Å². The average molecular weight is 367 g/mol. The molecule has 2 heterocycles. The first-order chi connectivity index (χ1) is 13.9. The number of benzene rings is 3. The molecule has 0 saturated carbocycles. The Morgan fingerprint density at radius 2 is 1.79 bits per heavy atom. The van der Waals surface area contributed by atoms with Crippen LogP contribution < -0.4 is 0 Å². The SMILES string of the molecule is C(=NOCc1ccccc1)c1c(-c2ccc3ccccc3c2)nc2occn12. The first kappa shape index (κ1) is 16.3. The maximum atomic E-state index is 5.48. The van der Waals surface area contributed by atoms with Gasteiger partial charge in [0.2, 0.25) is 0 Å². The van der Waals surface area contributed by atoms with Gasteiger partial charge in [-0.15, -0.1) is 0 Å². The van der Waals surface area contributed by atoms with Crippen LogP contribution in [0, 0.1) is 0 Å². The molecule has 0 fully saturated rings. The molecule has 2 aromatic heterocycles. The first-order valence-corrected chi connectivity index (χ1v) is 9.02. The highest BCUT2D eigenvalue weighted by Crippen LogP contribution is 2.27. The van der Waals surface area contributed by atoms with Gasteiger partial charge in [-0.2, -0.15) is 4.98 Å². The molecule has 5 aromatic rings. The van der Waals surface area contributed by atoms with Crippen molar-refractivity contribution in [3.05, 3.63) is 96.5 Å². The largest absolute Gasteiger partial charge is 0.432 e. The minimum atomic E-state index is 0.413. The topological polar surface area (TPSA) is 52.0 Å². The number of hydrogen-bond acceptors (Lipinski definition) is 4. The highest BCUT2D eigenvalue weighted by atomic mass is 16.6. The zero-order valence-electron chi connectivity index (χ0n) is 15.0. The predicted molar refractivity (Wildman–Crippen MR) is 109 cm³/mol. The van der Waals surface area contributed by atoms with Crippen molar-refractivity contribution in [1.29, 1.82) is 0 Å². The number of nitrogens with zero attached hydrogens (tertiary/aromatic N) is 3. The number of aromatic nitrogens is 2. The van der Waals surface area contributed by atoms with Crippen LogP contribution in [0.2, 0.25) is 0 Å². The van der Waals surface area contributed by atoms with E-state index in [1.165, 1.54) is 5.39 Å². The minimum Gasteiger partial charge on any atom is -0.432 e. The summed E-state index contributed by atoms with van der Waals surface area (Å²) >= 11 is 0. The highest BCUT2D eigenvalue weighted by molar-refractivity contribution is 5.92. The van der Waals surface area contributed by atoms with E-state index in [4.69, 9.17) is 9.25 Å². The zero-order chi connectivity index (χ0) is 18.8. The molecule has 0 saturated heterocycles. The maximum absolute atomic E-state index is 5.48. The van der Waals surface area contributed by atoms with Crippen LogP contribution in [0.1, 0.15) is 11.3 Å². The van der Waals surface area contributed by atoms with Crippen molar-refractivity contribution >= 4 is 22.8 Å². The fraction of sp³-hybridized carbons (Fsp3) is 0.0435. The Bertz CT molecular complexity index is 1270. The van der Waals surface area contributed by atoms with E-state index in [9.17, 15) is 0 Å². The van der Waals surface area contributed by atoms with Gasteiger partial charge in [0.05, 0.1) is 11.9 Å². The Morgan fingerprint density at radius 1 is 0.964 bits per heavy atom. The molecule has 0 amide bonds. The molecule has 3 aromatic carbocycles. The maximum Gasteiger partial charge on any atom is 0.306 e. The fourth-order valence-corrected chi connectivity index (χ4v) is 3.25. The molecule has 5 nitrogen and oxygen atoms in total. The highest BCUT2D eigenvalue weighted by Gasteiger charge is 2.15. The fourth-order valence-electron chi connectivity index (χ4n) is 3.25. The summed E-state index contributed by atoms with van der Waals surface area (Å²) in [5.41, 5.74) is 3.68. The molecule has 0 spiro atoms. The summed E-state index contributed by atoms with van der Waals surface area (Å²) < 4.78 is 7.33. The number of imidazole rings is 1. The van der Waals surface area contributed by atoms with Crippen molar-refractivity contribution < 1.29 is 9.25 Å². The van der Waals surface area contributed by atoms with Crippen LogP contribution in [0.15, 0.2) is 94.8 Å². The second kappa shape index (κ2) is 7.04. The van der Waals surface area contributed by atoms with Gasteiger partial charge in [0.15, 0.2) is 0 Å². The zero-order valence-corrected chi connectivity index (χ0v) is 15.0. The van der Waals surface area contributed by atoms with Gasteiger partial charge >= 0.3 is 5.84 Å². The molecule has 136 valence electrons. The van der Waals surface area contributed by atoms with E-state index >= 15 is 0 Å². The van der Waals surface area contributed by atoms with Crippen molar-refractivity contribution in [1.82, 2.24) is 9.38 Å². The van der Waals surface area contributed by atoms with E-state index in [0.29, 0.717) is 12.5 Å². The monoisotopic (exact) mass is 367 g/mol. The summed E-state index contributed by atoms with van der Waals surface area (Å²) in [6, 6.07) is 24.5. The van der Waals surface area contributed by atoms with Crippen LogP contribution in [0.5, 0.6) is 0 Å². The number of rotatable bonds is 5. The van der Waals surface area contributed by atoms with Crippen LogP contribution in [0.25, 0.3) is 27.9 Å². The molecule has 0 atom stereocenters. The molecule has 0 bridgehead atoms. The van der Waals surface area contributed by atoms with E-state index in [1.807, 2.05) is 53.1 Å². The van der Waals surface area contributed by atoms with Crippen molar-refractivity contribution in [3.63, 3.8) is 0 Å². The van der Waals surface area contributed by atoms with Crippen molar-refractivity contribution in [2.75, 3.05) is 0 Å². The molecule has 0 radical (unpaired) electrons. The Balaban J connectivity index is 1.49. The Labute approximate surface area is 161 Å². The van der Waals surface area contributed by atoms with Gasteiger partial charge in [-0.1, -0.05) is 71.9 Å². The molecule has 0 unspecified atom stereocenters. The second-order valence-corrected chi connectivity index (χ2v) is 6.46. The summed E-state index contributed by atoms with van der Waals surface area (Å²) in [5, 5.41) is 6.51. The number of hydrogen-bond donors (Lipinski definition) is 0. The summed E-state index contributed by atoms with van der Waals surface area (Å²) in [6.45, 7) is 0.413. The minimum absolute atomic E-state index is 0.413. The van der Waals surface area contributed by atoms with Gasteiger partial charge < -0.3 is 9.25 Å². The predicted octanol–water partition coefficient (Wildman–Crippen LogP) is 5.30. The van der Waals surface area contributed by atoms with Gasteiger partial charge in [0, 0.05) is 11.8 Å². The summed E-state index contributed by atoms with van der Waals surface area (Å²) in [5.74, 6) is 0.521. The van der Waals surface area contributed by atoms with Crippen molar-refractivity contribution in [3.8, 4) is 11.3 Å². The molecule has 5 heteroatoms. The quantitative estimate of drug-likeness (QED) is 0.313. The smallest absolute Gasteiger partial charge is 0.306 e. The normalized spacial score (nSPS) is 11.6. The van der Waals surface area contributed by atoms with Gasteiger partial charge in [-0.25, -0.2) is 0 Å². The third-order valence-corrected chi connectivity index (χ3v) is 4.65. The third-order valence-electron chi connectivity index (χ3n) is 4.65. The van der Waals surface area contributed by atoms with Crippen LogP contribution in [-0.2, 0) is 11.4 Å². The van der Waals surface area contributed by atoms with Crippen LogP contribution in [-0.4, -0.2) is 15.6 Å². The second-order valence-electron chi connectivity index (χ2n) is 6.46. The lowest BCUT2D eigenvalue weighted by molar-refractivity contribution is 0.132. The molecule has 5 rings (SSSR count). The molecular formula is C23H17N3O2. The van der Waals surface area contributed by atoms with Crippen LogP contribution >= 0.6 is 0 Å². The number of fused-ring (bicyclic) bond motifs is 2.